The first-order valence-corrected chi connectivity index (χ1v) is 11.8. The van der Waals surface area contributed by atoms with Gasteiger partial charge < -0.3 is 0 Å². The molecule has 3 heterocycles. The van der Waals surface area contributed by atoms with E-state index in [-0.39, 0.29) is 16.6 Å². The third kappa shape index (κ3) is 3.45. The summed E-state index contributed by atoms with van der Waals surface area (Å²) in [5, 5.41) is 0.925. The van der Waals surface area contributed by atoms with Gasteiger partial charge in [-0.1, -0.05) is 36.4 Å². The van der Waals surface area contributed by atoms with Gasteiger partial charge in [-0.2, -0.15) is 0 Å². The van der Waals surface area contributed by atoms with E-state index in [9.17, 15) is 4.39 Å². The fourth-order valence-electron chi connectivity index (χ4n) is 4.51. The number of hydrogen-bond acceptors (Lipinski definition) is 4. The molecule has 1 saturated carbocycles. The normalized spacial score (nSPS) is 18.3. The highest BCUT2D eigenvalue weighted by Gasteiger charge is 2.47. The Labute approximate surface area is 189 Å². The summed E-state index contributed by atoms with van der Waals surface area (Å²) in [4.78, 5) is 11.6. The Balaban J connectivity index is 1.30. The molecular weight excluding hydrogens is 429 g/mol. The highest BCUT2D eigenvalue weighted by Crippen LogP contribution is 2.53. The molecule has 2 aromatic carbocycles. The van der Waals surface area contributed by atoms with Crippen molar-refractivity contribution in [1.82, 2.24) is 14.9 Å². The predicted octanol–water partition coefficient (Wildman–Crippen LogP) is 6.00. The van der Waals surface area contributed by atoms with Gasteiger partial charge in [0, 0.05) is 30.6 Å². The first kappa shape index (κ1) is 19.4. The van der Waals surface area contributed by atoms with Crippen LogP contribution in [0.3, 0.4) is 0 Å². The van der Waals surface area contributed by atoms with Gasteiger partial charge in [-0.3, -0.25) is 9.88 Å². The van der Waals surface area contributed by atoms with Crippen LogP contribution in [0.4, 0.5) is 4.39 Å². The van der Waals surface area contributed by atoms with Gasteiger partial charge in [0.25, 0.3) is 0 Å². The third-order valence-corrected chi connectivity index (χ3v) is 7.75. The summed E-state index contributed by atoms with van der Waals surface area (Å²) >= 11 is 7.57. The zero-order chi connectivity index (χ0) is 21.0. The number of alkyl halides is 1. The molecule has 0 spiro atoms. The zero-order valence-electron chi connectivity index (χ0n) is 16.9. The summed E-state index contributed by atoms with van der Waals surface area (Å²) in [5.74, 6) is -0.226. The smallest absolute Gasteiger partial charge is 0.133 e. The molecule has 4 aromatic rings. The minimum Gasteiger partial charge on any atom is -0.296 e. The molecule has 0 N–H and O–H groups in total. The molecule has 0 unspecified atom stereocenters. The highest BCUT2D eigenvalue weighted by atomic mass is 35.5. The van der Waals surface area contributed by atoms with Gasteiger partial charge in [0.1, 0.15) is 16.3 Å². The lowest BCUT2D eigenvalue weighted by Crippen LogP contribution is -2.46. The van der Waals surface area contributed by atoms with Crippen LogP contribution in [-0.4, -0.2) is 33.3 Å². The predicted molar refractivity (Wildman–Crippen MR) is 124 cm³/mol. The molecule has 0 amide bonds. The maximum Gasteiger partial charge on any atom is 0.133 e. The van der Waals surface area contributed by atoms with Crippen LogP contribution < -0.4 is 0 Å². The number of nitrogens with zero attached hydrogens (tertiary/aromatic N) is 3. The van der Waals surface area contributed by atoms with E-state index in [2.05, 4.69) is 40.2 Å². The topological polar surface area (TPSA) is 29.0 Å². The van der Waals surface area contributed by atoms with E-state index in [4.69, 9.17) is 16.6 Å². The number of likely N-dealkylation sites (tertiary alicyclic amines) is 1. The van der Waals surface area contributed by atoms with E-state index in [0.29, 0.717) is 10.6 Å². The molecule has 2 aliphatic rings. The molecule has 2 fully saturated rings. The van der Waals surface area contributed by atoms with Crippen LogP contribution >= 0.6 is 22.9 Å². The summed E-state index contributed by atoms with van der Waals surface area (Å²) in [6.07, 6.45) is 4.06. The van der Waals surface area contributed by atoms with Crippen LogP contribution in [0.1, 0.15) is 29.7 Å². The SMILES string of the molecule is Fc1cc(CN2CC(Cl)C2)ccc1-c1nc2cnc(C3(c4ccccc4)CC3)cc2s1. The van der Waals surface area contributed by atoms with Gasteiger partial charge in [-0.25, -0.2) is 9.37 Å². The molecule has 0 atom stereocenters. The average molecular weight is 450 g/mol. The number of rotatable bonds is 5. The van der Waals surface area contributed by atoms with Crippen LogP contribution in [0.15, 0.2) is 60.8 Å². The Morgan fingerprint density at radius 1 is 1.10 bits per heavy atom. The quantitative estimate of drug-likeness (QED) is 0.350. The lowest BCUT2D eigenvalue weighted by atomic mass is 9.92. The fraction of sp³-hybridized carbons (Fsp3) is 0.280. The Morgan fingerprint density at radius 2 is 1.90 bits per heavy atom. The largest absolute Gasteiger partial charge is 0.296 e. The van der Waals surface area contributed by atoms with Crippen molar-refractivity contribution < 1.29 is 4.39 Å². The Kier molecular flexibility index (Phi) is 4.60. The molecule has 0 radical (unpaired) electrons. The number of halogens is 2. The monoisotopic (exact) mass is 449 g/mol. The minimum absolute atomic E-state index is 0.0192. The van der Waals surface area contributed by atoms with Crippen molar-refractivity contribution in [3.05, 3.63) is 83.4 Å². The van der Waals surface area contributed by atoms with Crippen LogP contribution in [0.25, 0.3) is 20.8 Å². The number of thiazole rings is 1. The van der Waals surface area contributed by atoms with Crippen molar-refractivity contribution in [1.29, 1.82) is 0 Å². The van der Waals surface area contributed by atoms with Crippen LogP contribution in [0.5, 0.6) is 0 Å². The third-order valence-electron chi connectivity index (χ3n) is 6.42. The second-order valence-electron chi connectivity index (χ2n) is 8.61. The van der Waals surface area contributed by atoms with Gasteiger partial charge in [-0.05, 0) is 42.2 Å². The molecule has 156 valence electrons. The number of pyridine rings is 1. The molecule has 1 aliphatic carbocycles. The van der Waals surface area contributed by atoms with E-state index in [1.165, 1.54) is 16.9 Å². The van der Waals surface area contributed by atoms with Crippen LogP contribution in [-0.2, 0) is 12.0 Å². The standard InChI is InChI=1S/C25H21ClFN3S/c26-18-14-30(15-18)13-16-6-7-19(20(27)10-16)24-29-21-12-28-23(11-22(21)31-24)25(8-9-25)17-4-2-1-3-5-17/h1-7,10-12,18H,8-9,13-15H2. The number of benzene rings is 2. The second-order valence-corrected chi connectivity index (χ2v) is 10.3. The maximum absolute atomic E-state index is 14.9. The van der Waals surface area contributed by atoms with Crippen molar-refractivity contribution in [3.8, 4) is 10.6 Å². The molecule has 0 bridgehead atoms. The molecule has 1 aliphatic heterocycles. The van der Waals surface area contributed by atoms with Gasteiger partial charge >= 0.3 is 0 Å². The lowest BCUT2D eigenvalue weighted by Gasteiger charge is -2.35. The molecular formula is C25H21ClFN3S. The first-order chi connectivity index (χ1) is 15.1. The van der Waals surface area contributed by atoms with E-state index >= 15 is 0 Å². The number of aromatic nitrogens is 2. The number of fused-ring (bicyclic) bond motifs is 1. The first-order valence-electron chi connectivity index (χ1n) is 10.6. The molecule has 6 rings (SSSR count). The highest BCUT2D eigenvalue weighted by molar-refractivity contribution is 7.21. The molecule has 1 saturated heterocycles. The van der Waals surface area contributed by atoms with E-state index < -0.39 is 0 Å². The Bertz CT molecular complexity index is 1260. The van der Waals surface area contributed by atoms with Gasteiger partial charge in [-0.15, -0.1) is 22.9 Å². The van der Waals surface area contributed by atoms with E-state index in [1.54, 1.807) is 6.07 Å². The summed E-state index contributed by atoms with van der Waals surface area (Å²) in [7, 11) is 0. The maximum atomic E-state index is 14.9. The van der Waals surface area contributed by atoms with Crippen LogP contribution in [0, 0.1) is 5.82 Å². The second kappa shape index (κ2) is 7.37. The van der Waals surface area contributed by atoms with Crippen molar-refractivity contribution in [2.24, 2.45) is 0 Å². The van der Waals surface area contributed by atoms with Gasteiger partial charge in [0.15, 0.2) is 0 Å². The van der Waals surface area contributed by atoms with Crippen molar-refractivity contribution >= 4 is 33.2 Å². The van der Waals surface area contributed by atoms with E-state index in [0.717, 1.165) is 53.9 Å². The van der Waals surface area contributed by atoms with Gasteiger partial charge in [0.05, 0.1) is 22.0 Å². The lowest BCUT2D eigenvalue weighted by molar-refractivity contribution is 0.178. The van der Waals surface area contributed by atoms with Crippen molar-refractivity contribution in [2.45, 2.75) is 30.2 Å². The summed E-state index contributed by atoms with van der Waals surface area (Å²) in [5.41, 5.74) is 4.76. The number of hydrogen-bond donors (Lipinski definition) is 0. The minimum atomic E-state index is -0.226. The average Bonchev–Trinajstić information content (AvgIpc) is 3.46. The van der Waals surface area contributed by atoms with Crippen molar-refractivity contribution in [3.63, 3.8) is 0 Å². The molecule has 3 nitrogen and oxygen atoms in total. The molecule has 6 heteroatoms. The van der Waals surface area contributed by atoms with E-state index in [1.807, 2.05) is 24.4 Å². The zero-order valence-corrected chi connectivity index (χ0v) is 18.5. The van der Waals surface area contributed by atoms with Gasteiger partial charge in [0.2, 0.25) is 0 Å². The van der Waals surface area contributed by atoms with Crippen molar-refractivity contribution in [2.75, 3.05) is 13.1 Å². The molecule has 2 aromatic heterocycles. The summed E-state index contributed by atoms with van der Waals surface area (Å²) in [6, 6.07) is 18.2. The Morgan fingerprint density at radius 3 is 2.61 bits per heavy atom. The Hall–Kier alpha value is -2.34. The molecule has 31 heavy (non-hydrogen) atoms. The summed E-state index contributed by atoms with van der Waals surface area (Å²) in [6.45, 7) is 2.46. The fourth-order valence-corrected chi connectivity index (χ4v) is 5.90. The van der Waals surface area contributed by atoms with Crippen LogP contribution in [0.2, 0.25) is 0 Å². The summed E-state index contributed by atoms with van der Waals surface area (Å²) < 4.78 is 16.0.